The van der Waals surface area contributed by atoms with Gasteiger partial charge in [-0.05, 0) is 36.8 Å². The van der Waals surface area contributed by atoms with Crippen LogP contribution in [0.5, 0.6) is 5.75 Å². The normalized spacial score (nSPS) is 12.4. The molecule has 4 heterocycles. The number of carbonyl (C=O) groups excluding carboxylic acids is 1. The maximum atomic E-state index is 13.8. The summed E-state index contributed by atoms with van der Waals surface area (Å²) in [5.41, 5.74) is 1.29. The molecule has 0 amide bonds. The third-order valence-corrected chi connectivity index (χ3v) is 7.84. The largest absolute Gasteiger partial charge is 0.497 e. The highest BCUT2D eigenvalue weighted by molar-refractivity contribution is 7.87. The van der Waals surface area contributed by atoms with E-state index in [2.05, 4.69) is 20.1 Å². The van der Waals surface area contributed by atoms with Crippen LogP contribution >= 0.6 is 0 Å². The number of carbonyl (C=O) groups is 1. The summed E-state index contributed by atoms with van der Waals surface area (Å²) in [7, 11) is 0.219. The number of rotatable bonds is 8. The van der Waals surface area contributed by atoms with E-state index in [0.29, 0.717) is 16.9 Å². The number of methoxy groups -OCH3 is 1. The van der Waals surface area contributed by atoms with Crippen LogP contribution in [0.25, 0.3) is 28.6 Å². The van der Waals surface area contributed by atoms with Gasteiger partial charge in [0.25, 0.3) is 5.82 Å². The molecule has 0 aliphatic carbocycles. The minimum Gasteiger partial charge on any atom is -0.497 e. The van der Waals surface area contributed by atoms with Crippen LogP contribution in [-0.2, 0) is 22.9 Å². The van der Waals surface area contributed by atoms with Crippen molar-refractivity contribution in [3.8, 4) is 28.7 Å². The highest BCUT2D eigenvalue weighted by atomic mass is 32.2. The second kappa shape index (κ2) is 10.1. The molecule has 0 atom stereocenters. The molecule has 0 saturated carbocycles. The highest BCUT2D eigenvalue weighted by Crippen LogP contribution is 2.35. The van der Waals surface area contributed by atoms with Crippen LogP contribution in [0.15, 0.2) is 55.1 Å². The summed E-state index contributed by atoms with van der Waals surface area (Å²) in [4.78, 5) is 24.7. The third kappa shape index (κ3) is 5.18. The van der Waals surface area contributed by atoms with Crippen LogP contribution in [0.3, 0.4) is 0 Å². The first-order chi connectivity index (χ1) is 19.3. The average molecular weight is 589 g/mol. The first-order valence-electron chi connectivity index (χ1n) is 12.0. The van der Waals surface area contributed by atoms with Gasteiger partial charge in [0.1, 0.15) is 34.8 Å². The lowest BCUT2D eigenvalue weighted by atomic mass is 10.2. The first-order valence-corrected chi connectivity index (χ1v) is 13.3. The molecule has 1 aromatic carbocycles. The topological polar surface area (TPSA) is 130 Å². The standard InChI is InChI=1S/C25H23F3N8O4S/c1-15(37)17-7-10-20-30-21(22(35(20)12-17)19-13-34(14-29-19)41(38,39)33(2)3)23-31-24(25(26,27)28)32-36(23)11-16-5-8-18(40-4)9-6-16/h5-10,12-14H,11H2,1-4H3. The summed E-state index contributed by atoms with van der Waals surface area (Å²) >= 11 is 0. The lowest BCUT2D eigenvalue weighted by Gasteiger charge is -2.10. The summed E-state index contributed by atoms with van der Waals surface area (Å²) in [6.07, 6.45) is -1.14. The van der Waals surface area contributed by atoms with E-state index in [1.54, 1.807) is 24.3 Å². The molecule has 5 rings (SSSR count). The van der Waals surface area contributed by atoms with Crippen molar-refractivity contribution in [2.75, 3.05) is 21.2 Å². The SMILES string of the molecule is COc1ccc(Cn2nc(C(F)(F)F)nc2-c2nc3ccc(C(C)=O)cn3c2-c2cn(S(=O)(=O)N(C)C)cn2)cc1. The predicted octanol–water partition coefficient (Wildman–Crippen LogP) is 3.39. The third-order valence-electron chi connectivity index (χ3n) is 6.18. The molecule has 4 aromatic heterocycles. The molecule has 214 valence electrons. The van der Waals surface area contributed by atoms with E-state index >= 15 is 0 Å². The molecular weight excluding hydrogens is 565 g/mol. The molecule has 0 saturated heterocycles. The van der Waals surface area contributed by atoms with Gasteiger partial charge >= 0.3 is 16.4 Å². The van der Waals surface area contributed by atoms with Crippen LogP contribution in [0.1, 0.15) is 28.7 Å². The Morgan fingerprint density at radius 3 is 2.37 bits per heavy atom. The quantitative estimate of drug-likeness (QED) is 0.252. The summed E-state index contributed by atoms with van der Waals surface area (Å²) in [6, 6.07) is 9.72. The molecule has 16 heteroatoms. The van der Waals surface area contributed by atoms with Crippen molar-refractivity contribution in [2.24, 2.45) is 0 Å². The molecule has 0 bridgehead atoms. The van der Waals surface area contributed by atoms with Crippen LogP contribution < -0.4 is 4.74 Å². The minimum absolute atomic E-state index is 0.0466. The van der Waals surface area contributed by atoms with Crippen molar-refractivity contribution in [3.63, 3.8) is 0 Å². The summed E-state index contributed by atoms with van der Waals surface area (Å²) in [5, 5.41) is 3.73. The van der Waals surface area contributed by atoms with E-state index in [9.17, 15) is 26.4 Å². The second-order valence-electron chi connectivity index (χ2n) is 9.15. The number of hydrogen-bond acceptors (Lipinski definition) is 8. The van der Waals surface area contributed by atoms with Gasteiger partial charge in [-0.1, -0.05) is 12.1 Å². The van der Waals surface area contributed by atoms with E-state index in [4.69, 9.17) is 4.74 Å². The summed E-state index contributed by atoms with van der Waals surface area (Å²) in [5.74, 6) is -1.32. The molecule has 0 unspecified atom stereocenters. The highest BCUT2D eigenvalue weighted by Gasteiger charge is 2.38. The van der Waals surface area contributed by atoms with Gasteiger partial charge in [0, 0.05) is 25.9 Å². The van der Waals surface area contributed by atoms with Crippen LogP contribution in [0.4, 0.5) is 13.2 Å². The van der Waals surface area contributed by atoms with Gasteiger partial charge in [-0.3, -0.25) is 9.20 Å². The van der Waals surface area contributed by atoms with Gasteiger partial charge < -0.3 is 4.74 Å². The van der Waals surface area contributed by atoms with Gasteiger partial charge in [0.15, 0.2) is 11.6 Å². The van der Waals surface area contributed by atoms with E-state index in [1.807, 2.05) is 0 Å². The van der Waals surface area contributed by atoms with E-state index in [0.717, 1.165) is 19.3 Å². The summed E-state index contributed by atoms with van der Waals surface area (Å²) in [6.45, 7) is 1.26. The number of hydrogen-bond donors (Lipinski definition) is 0. The molecule has 0 fully saturated rings. The number of nitrogens with zero attached hydrogens (tertiary/aromatic N) is 8. The number of pyridine rings is 1. The Morgan fingerprint density at radius 2 is 1.76 bits per heavy atom. The predicted molar refractivity (Wildman–Crippen MR) is 141 cm³/mol. The van der Waals surface area contributed by atoms with Crippen LogP contribution in [-0.4, -0.2) is 72.8 Å². The zero-order valence-electron chi connectivity index (χ0n) is 22.2. The molecule has 0 N–H and O–H groups in total. The van der Waals surface area contributed by atoms with Crippen molar-refractivity contribution in [3.05, 3.63) is 72.1 Å². The maximum Gasteiger partial charge on any atom is 0.453 e. The molecule has 12 nitrogen and oxygen atoms in total. The fourth-order valence-corrected chi connectivity index (χ4v) is 4.82. The van der Waals surface area contributed by atoms with E-state index < -0.39 is 22.2 Å². The molecule has 0 aliphatic heterocycles. The Bertz CT molecular complexity index is 1870. The van der Waals surface area contributed by atoms with Gasteiger partial charge in [-0.25, -0.2) is 23.6 Å². The number of fused-ring (bicyclic) bond motifs is 1. The Kier molecular flexibility index (Phi) is 6.90. The smallest absolute Gasteiger partial charge is 0.453 e. The Hall–Kier alpha value is -4.57. The van der Waals surface area contributed by atoms with Gasteiger partial charge in [-0.2, -0.15) is 25.9 Å². The Balaban J connectivity index is 1.76. The molecule has 0 spiro atoms. The van der Waals surface area contributed by atoms with Gasteiger partial charge in [0.05, 0.1) is 19.9 Å². The number of ether oxygens (including phenoxy) is 1. The zero-order valence-corrected chi connectivity index (χ0v) is 23.0. The maximum absolute atomic E-state index is 13.8. The number of aromatic nitrogens is 7. The number of ketones is 1. The van der Waals surface area contributed by atoms with E-state index in [-0.39, 0.29) is 40.9 Å². The fraction of sp³-hybridized carbons (Fsp3) is 0.240. The lowest BCUT2D eigenvalue weighted by molar-refractivity contribution is -0.144. The first kappa shape index (κ1) is 28.0. The lowest BCUT2D eigenvalue weighted by Crippen LogP contribution is -2.27. The van der Waals surface area contributed by atoms with Crippen LogP contribution in [0.2, 0.25) is 0 Å². The molecule has 5 aromatic rings. The summed E-state index contributed by atoms with van der Waals surface area (Å²) < 4.78 is 76.4. The van der Waals surface area contributed by atoms with E-state index in [1.165, 1.54) is 57.1 Å². The van der Waals surface area contributed by atoms with Crippen molar-refractivity contribution < 1.29 is 31.1 Å². The Morgan fingerprint density at radius 1 is 1.05 bits per heavy atom. The number of alkyl halides is 3. The van der Waals surface area contributed by atoms with Crippen molar-refractivity contribution >= 4 is 21.6 Å². The molecule has 0 radical (unpaired) electrons. The zero-order chi connectivity index (χ0) is 29.7. The number of imidazole rings is 2. The second-order valence-corrected chi connectivity index (χ2v) is 11.2. The molecular formula is C25H23F3N8O4S. The molecule has 41 heavy (non-hydrogen) atoms. The number of benzene rings is 1. The molecule has 0 aliphatic rings. The monoisotopic (exact) mass is 588 g/mol. The van der Waals surface area contributed by atoms with Gasteiger partial charge in [-0.15, -0.1) is 5.10 Å². The number of halogens is 3. The Labute approximate surface area is 231 Å². The number of Topliss-reactive ketones (excluding diaryl/α,β-unsaturated/α-hetero) is 1. The van der Waals surface area contributed by atoms with Crippen molar-refractivity contribution in [1.82, 2.24) is 37.4 Å². The van der Waals surface area contributed by atoms with Crippen molar-refractivity contribution in [1.29, 1.82) is 0 Å². The fourth-order valence-electron chi connectivity index (χ4n) is 4.05. The van der Waals surface area contributed by atoms with Gasteiger partial charge in [0.2, 0.25) is 0 Å². The van der Waals surface area contributed by atoms with Crippen LogP contribution in [0, 0.1) is 0 Å². The average Bonchev–Trinajstić information content (AvgIpc) is 3.65. The minimum atomic E-state index is -4.86. The van der Waals surface area contributed by atoms with Crippen molar-refractivity contribution in [2.45, 2.75) is 19.6 Å².